The lowest BCUT2D eigenvalue weighted by atomic mass is 9.76. The lowest BCUT2D eigenvalue weighted by Crippen LogP contribution is -2.34. The third-order valence-corrected chi connectivity index (χ3v) is 3.01. The number of aliphatic hydroxyl groups is 2. The summed E-state index contributed by atoms with van der Waals surface area (Å²) in [5.74, 6) is -0.999. The fourth-order valence-electron chi connectivity index (χ4n) is 2.38. The first kappa shape index (κ1) is 15.1. The van der Waals surface area contributed by atoms with Crippen molar-refractivity contribution in [1.29, 1.82) is 0 Å². The molecule has 0 heterocycles. The van der Waals surface area contributed by atoms with E-state index in [4.69, 9.17) is 0 Å². The maximum absolute atomic E-state index is 13.1. The van der Waals surface area contributed by atoms with Gasteiger partial charge in [-0.1, -0.05) is 13.8 Å². The zero-order valence-corrected chi connectivity index (χ0v) is 10.8. The Morgan fingerprint density at radius 3 is 1.94 bits per heavy atom. The summed E-state index contributed by atoms with van der Waals surface area (Å²) in [5.41, 5.74) is -0.273. The lowest BCUT2D eigenvalue weighted by molar-refractivity contribution is 0.0368. The van der Waals surface area contributed by atoms with Crippen LogP contribution in [0.1, 0.15) is 25.8 Å². The van der Waals surface area contributed by atoms with Crippen LogP contribution in [-0.4, -0.2) is 23.4 Å². The Morgan fingerprint density at radius 1 is 1.06 bits per heavy atom. The van der Waals surface area contributed by atoms with Crippen LogP contribution in [-0.2, 0) is 6.42 Å². The zero-order valence-electron chi connectivity index (χ0n) is 10.8. The summed E-state index contributed by atoms with van der Waals surface area (Å²) in [7, 11) is 0. The van der Waals surface area contributed by atoms with Gasteiger partial charge in [-0.2, -0.15) is 0 Å². The second-order valence-electron chi connectivity index (χ2n) is 5.37. The topological polar surface area (TPSA) is 40.5 Å². The number of rotatable bonds is 6. The van der Waals surface area contributed by atoms with E-state index in [1.807, 2.05) is 13.8 Å². The molecule has 1 aromatic rings. The smallest absolute Gasteiger partial charge is 0.126 e. The van der Waals surface area contributed by atoms with Crippen molar-refractivity contribution < 1.29 is 19.0 Å². The summed E-state index contributed by atoms with van der Waals surface area (Å²) in [6.07, 6.45) is 0.852. The minimum Gasteiger partial charge on any atom is -0.396 e. The molecule has 4 heteroatoms. The molecule has 0 aliphatic carbocycles. The normalized spacial score (nSPS) is 12.2. The molecule has 1 aromatic carbocycles. The monoisotopic (exact) mass is 258 g/mol. The van der Waals surface area contributed by atoms with E-state index in [9.17, 15) is 19.0 Å². The number of halogens is 2. The quantitative estimate of drug-likeness (QED) is 0.823. The van der Waals surface area contributed by atoms with Crippen LogP contribution in [0.3, 0.4) is 0 Å². The van der Waals surface area contributed by atoms with E-state index in [0.29, 0.717) is 12.0 Å². The minimum atomic E-state index is -0.728. The highest BCUT2D eigenvalue weighted by Crippen LogP contribution is 2.30. The Kier molecular flexibility index (Phi) is 5.23. The largest absolute Gasteiger partial charge is 0.396 e. The van der Waals surface area contributed by atoms with Gasteiger partial charge in [-0.15, -0.1) is 0 Å². The molecule has 2 nitrogen and oxygen atoms in total. The summed E-state index contributed by atoms with van der Waals surface area (Å²) in [4.78, 5) is 0. The Labute approximate surface area is 106 Å². The fraction of sp³-hybridized carbons (Fsp3) is 0.571. The molecule has 2 N–H and O–H groups in total. The van der Waals surface area contributed by atoms with E-state index in [1.165, 1.54) is 12.1 Å². The predicted molar refractivity (Wildman–Crippen MR) is 66.1 cm³/mol. The fourth-order valence-corrected chi connectivity index (χ4v) is 2.38. The van der Waals surface area contributed by atoms with Gasteiger partial charge in [0.15, 0.2) is 0 Å². The van der Waals surface area contributed by atoms with Gasteiger partial charge < -0.3 is 10.2 Å². The number of benzene rings is 1. The number of hydrogen-bond donors (Lipinski definition) is 2. The molecular weight excluding hydrogens is 238 g/mol. The van der Waals surface area contributed by atoms with Gasteiger partial charge in [-0.25, -0.2) is 8.78 Å². The summed E-state index contributed by atoms with van der Waals surface area (Å²) in [5, 5.41) is 19.0. The summed E-state index contributed by atoms with van der Waals surface area (Å²) < 4.78 is 26.2. The van der Waals surface area contributed by atoms with Crippen LogP contribution in [0.5, 0.6) is 0 Å². The van der Waals surface area contributed by atoms with Crippen LogP contribution in [0.15, 0.2) is 18.2 Å². The van der Waals surface area contributed by atoms with Crippen LogP contribution in [0.2, 0.25) is 0 Å². The molecule has 0 atom stereocenters. The first-order valence-corrected chi connectivity index (χ1v) is 6.07. The molecular formula is C14H20F2O2. The van der Waals surface area contributed by atoms with Crippen molar-refractivity contribution in [3.63, 3.8) is 0 Å². The van der Waals surface area contributed by atoms with E-state index >= 15 is 0 Å². The van der Waals surface area contributed by atoms with Gasteiger partial charge in [0.2, 0.25) is 0 Å². The molecule has 0 bridgehead atoms. The van der Waals surface area contributed by atoms with Gasteiger partial charge in [0.25, 0.3) is 0 Å². The van der Waals surface area contributed by atoms with Gasteiger partial charge in [-0.05, 0) is 36.5 Å². The molecule has 1 rings (SSSR count). The highest BCUT2D eigenvalue weighted by Gasteiger charge is 2.30. The van der Waals surface area contributed by atoms with Crippen LogP contribution in [0.4, 0.5) is 8.78 Å². The Bertz CT molecular complexity index is 367. The van der Waals surface area contributed by atoms with E-state index in [0.717, 1.165) is 6.07 Å². The van der Waals surface area contributed by atoms with Crippen LogP contribution >= 0.6 is 0 Å². The molecule has 0 amide bonds. The Balaban J connectivity index is 2.95. The second kappa shape index (κ2) is 6.25. The standard InChI is InChI=1S/C14H20F2O2/c1-10(2)6-14(8-17,9-18)7-11-3-12(15)5-13(16)4-11/h3-5,10,17-18H,6-9H2,1-2H3. The molecule has 0 fully saturated rings. The average Bonchev–Trinajstić information content (AvgIpc) is 2.26. The molecule has 0 aliphatic heterocycles. The van der Waals surface area contributed by atoms with Gasteiger partial charge >= 0.3 is 0 Å². The third kappa shape index (κ3) is 4.03. The van der Waals surface area contributed by atoms with Crippen LogP contribution < -0.4 is 0 Å². The molecule has 18 heavy (non-hydrogen) atoms. The van der Waals surface area contributed by atoms with E-state index < -0.39 is 17.0 Å². The average molecular weight is 258 g/mol. The maximum Gasteiger partial charge on any atom is 0.126 e. The number of aliphatic hydroxyl groups excluding tert-OH is 2. The zero-order chi connectivity index (χ0) is 13.8. The van der Waals surface area contributed by atoms with Crippen LogP contribution in [0.25, 0.3) is 0 Å². The second-order valence-corrected chi connectivity index (χ2v) is 5.37. The lowest BCUT2D eigenvalue weighted by Gasteiger charge is -2.31. The van der Waals surface area contributed by atoms with Crippen molar-refractivity contribution in [3.8, 4) is 0 Å². The molecule has 0 saturated heterocycles. The van der Waals surface area contributed by atoms with E-state index in [-0.39, 0.29) is 25.6 Å². The van der Waals surface area contributed by atoms with Gasteiger partial charge in [0, 0.05) is 11.5 Å². The van der Waals surface area contributed by atoms with E-state index in [2.05, 4.69) is 0 Å². The minimum absolute atomic E-state index is 0.209. The van der Waals surface area contributed by atoms with Crippen LogP contribution in [0, 0.1) is 23.0 Å². The first-order chi connectivity index (χ1) is 8.40. The summed E-state index contributed by atoms with van der Waals surface area (Å²) in [6, 6.07) is 3.29. The van der Waals surface area contributed by atoms with Gasteiger partial charge in [0.1, 0.15) is 11.6 Å². The third-order valence-electron chi connectivity index (χ3n) is 3.01. The van der Waals surface area contributed by atoms with Crippen molar-refractivity contribution in [1.82, 2.24) is 0 Å². The summed E-state index contributed by atoms with van der Waals surface area (Å²) >= 11 is 0. The van der Waals surface area contributed by atoms with Crippen molar-refractivity contribution in [2.24, 2.45) is 11.3 Å². The predicted octanol–water partition coefficient (Wildman–Crippen LogP) is 2.52. The Morgan fingerprint density at radius 2 is 1.56 bits per heavy atom. The molecule has 0 spiro atoms. The van der Waals surface area contributed by atoms with E-state index in [1.54, 1.807) is 0 Å². The highest BCUT2D eigenvalue weighted by atomic mass is 19.1. The molecule has 0 aromatic heterocycles. The highest BCUT2D eigenvalue weighted by molar-refractivity contribution is 5.19. The van der Waals surface area contributed by atoms with Crippen molar-refractivity contribution in [2.45, 2.75) is 26.7 Å². The SMILES string of the molecule is CC(C)CC(CO)(CO)Cc1cc(F)cc(F)c1. The molecule has 0 aliphatic rings. The molecule has 0 radical (unpaired) electrons. The molecule has 102 valence electrons. The van der Waals surface area contributed by atoms with Gasteiger partial charge in [0.05, 0.1) is 13.2 Å². The van der Waals surface area contributed by atoms with Crippen molar-refractivity contribution in [2.75, 3.05) is 13.2 Å². The van der Waals surface area contributed by atoms with Crippen molar-refractivity contribution >= 4 is 0 Å². The Hall–Kier alpha value is -1.00. The number of hydrogen-bond acceptors (Lipinski definition) is 2. The van der Waals surface area contributed by atoms with Gasteiger partial charge in [-0.3, -0.25) is 0 Å². The first-order valence-electron chi connectivity index (χ1n) is 6.07. The molecule has 0 unspecified atom stereocenters. The summed E-state index contributed by atoms with van der Waals surface area (Å²) in [6.45, 7) is 3.54. The maximum atomic E-state index is 13.1. The molecule has 0 saturated carbocycles. The van der Waals surface area contributed by atoms with Crippen molar-refractivity contribution in [3.05, 3.63) is 35.4 Å².